The summed E-state index contributed by atoms with van der Waals surface area (Å²) < 4.78 is 23.0. The Bertz CT molecular complexity index is 1400. The largest absolute Gasteiger partial charge is 0.497 e. The first-order valence-electron chi connectivity index (χ1n) is 14.6. The van der Waals surface area contributed by atoms with Crippen molar-refractivity contribution in [2.24, 2.45) is 5.92 Å². The number of amides is 1. The SMILES string of the molecule is CCOc1cc(/C=C2\SC(Nc3ccccc3)N([C@@H]3CCCC[C@H]3C)C2=O)ccc1OCc1cc(OC)ccc1OC. The quantitative estimate of drug-likeness (QED) is 0.232. The van der Waals surface area contributed by atoms with Crippen LogP contribution in [0.2, 0.25) is 0 Å². The summed E-state index contributed by atoms with van der Waals surface area (Å²) in [5.41, 5.74) is 2.60. The molecule has 5 rings (SSSR count). The maximum absolute atomic E-state index is 13.9. The Morgan fingerprint density at radius 2 is 1.71 bits per heavy atom. The fourth-order valence-corrected chi connectivity index (χ4v) is 6.88. The highest BCUT2D eigenvalue weighted by molar-refractivity contribution is 8.05. The molecule has 222 valence electrons. The molecule has 1 saturated carbocycles. The number of methoxy groups -OCH3 is 2. The highest BCUT2D eigenvalue weighted by atomic mass is 32.2. The number of anilines is 1. The first-order chi connectivity index (χ1) is 20.5. The molecule has 3 aromatic carbocycles. The smallest absolute Gasteiger partial charge is 0.262 e. The van der Waals surface area contributed by atoms with Crippen LogP contribution in [0.4, 0.5) is 5.69 Å². The van der Waals surface area contributed by atoms with Crippen LogP contribution in [0.3, 0.4) is 0 Å². The molecular formula is C34H40N2O5S. The fraction of sp³-hybridized carbons (Fsp3) is 0.382. The van der Waals surface area contributed by atoms with E-state index in [1.807, 2.05) is 79.7 Å². The van der Waals surface area contributed by atoms with Crippen molar-refractivity contribution in [1.82, 2.24) is 4.90 Å². The molecule has 1 heterocycles. The molecule has 42 heavy (non-hydrogen) atoms. The van der Waals surface area contributed by atoms with Crippen molar-refractivity contribution in [2.75, 3.05) is 26.1 Å². The number of hydrogen-bond acceptors (Lipinski definition) is 7. The predicted molar refractivity (Wildman–Crippen MR) is 169 cm³/mol. The van der Waals surface area contributed by atoms with Crippen LogP contribution in [0.5, 0.6) is 23.0 Å². The van der Waals surface area contributed by atoms with Gasteiger partial charge in [0.15, 0.2) is 17.0 Å². The van der Waals surface area contributed by atoms with Gasteiger partial charge in [-0.25, -0.2) is 0 Å². The van der Waals surface area contributed by atoms with Gasteiger partial charge in [0.05, 0.1) is 25.7 Å². The van der Waals surface area contributed by atoms with E-state index in [4.69, 9.17) is 18.9 Å². The summed E-state index contributed by atoms with van der Waals surface area (Å²) in [5.74, 6) is 3.25. The monoisotopic (exact) mass is 588 g/mol. The molecular weight excluding hydrogens is 548 g/mol. The molecule has 0 radical (unpaired) electrons. The normalized spacial score (nSPS) is 21.3. The van der Waals surface area contributed by atoms with Crippen molar-refractivity contribution in [3.05, 3.63) is 82.8 Å². The molecule has 1 aliphatic heterocycles. The molecule has 0 spiro atoms. The zero-order valence-corrected chi connectivity index (χ0v) is 25.6. The van der Waals surface area contributed by atoms with E-state index in [1.54, 1.807) is 26.0 Å². The van der Waals surface area contributed by atoms with E-state index in [0.29, 0.717) is 24.0 Å². The Morgan fingerprint density at radius 1 is 0.929 bits per heavy atom. The van der Waals surface area contributed by atoms with Crippen molar-refractivity contribution >= 4 is 29.4 Å². The topological polar surface area (TPSA) is 69.3 Å². The second kappa shape index (κ2) is 13.9. The second-order valence-corrected chi connectivity index (χ2v) is 11.8. The fourth-order valence-electron chi connectivity index (χ4n) is 5.67. The molecule has 7 nitrogen and oxygen atoms in total. The van der Waals surface area contributed by atoms with Crippen molar-refractivity contribution < 1.29 is 23.7 Å². The van der Waals surface area contributed by atoms with E-state index in [0.717, 1.165) is 52.5 Å². The van der Waals surface area contributed by atoms with Crippen LogP contribution in [0.15, 0.2) is 71.6 Å². The van der Waals surface area contributed by atoms with Gasteiger partial charge in [-0.2, -0.15) is 0 Å². The van der Waals surface area contributed by atoms with Crippen molar-refractivity contribution in [3.63, 3.8) is 0 Å². The average Bonchev–Trinajstić information content (AvgIpc) is 3.30. The lowest BCUT2D eigenvalue weighted by molar-refractivity contribution is -0.129. The summed E-state index contributed by atoms with van der Waals surface area (Å²) in [6.07, 6.45) is 6.54. The van der Waals surface area contributed by atoms with Crippen LogP contribution < -0.4 is 24.3 Å². The maximum Gasteiger partial charge on any atom is 0.262 e. The number of hydrogen-bond donors (Lipinski definition) is 1. The second-order valence-electron chi connectivity index (χ2n) is 10.6. The van der Waals surface area contributed by atoms with Crippen LogP contribution in [0, 0.1) is 5.92 Å². The lowest BCUT2D eigenvalue weighted by atomic mass is 9.85. The molecule has 0 bridgehead atoms. The summed E-state index contributed by atoms with van der Waals surface area (Å²) in [7, 11) is 3.27. The minimum atomic E-state index is -0.163. The molecule has 2 fully saturated rings. The molecule has 1 amide bonds. The first-order valence-corrected chi connectivity index (χ1v) is 15.5. The van der Waals surface area contributed by atoms with Gasteiger partial charge >= 0.3 is 0 Å². The number of carbonyl (C=O) groups is 1. The van der Waals surface area contributed by atoms with E-state index in [-0.39, 0.29) is 24.1 Å². The van der Waals surface area contributed by atoms with E-state index in [9.17, 15) is 4.79 Å². The summed E-state index contributed by atoms with van der Waals surface area (Å²) in [6.45, 7) is 5.00. The third-order valence-corrected chi connectivity index (χ3v) is 8.97. The Kier molecular flexibility index (Phi) is 9.85. The molecule has 1 saturated heterocycles. The molecule has 0 aromatic heterocycles. The molecule has 2 aliphatic rings. The van der Waals surface area contributed by atoms with E-state index >= 15 is 0 Å². The summed E-state index contributed by atoms with van der Waals surface area (Å²) >= 11 is 1.58. The molecule has 1 N–H and O–H groups in total. The number of thioether (sulfide) groups is 1. The number of rotatable bonds is 11. The van der Waals surface area contributed by atoms with Crippen molar-refractivity contribution in [3.8, 4) is 23.0 Å². The molecule has 3 aromatic rings. The average molecular weight is 589 g/mol. The molecule has 8 heteroatoms. The summed E-state index contributed by atoms with van der Waals surface area (Å²) in [4.78, 5) is 16.7. The third kappa shape index (κ3) is 6.81. The molecule has 1 aliphatic carbocycles. The van der Waals surface area contributed by atoms with Crippen molar-refractivity contribution in [2.45, 2.75) is 57.7 Å². The van der Waals surface area contributed by atoms with Crippen LogP contribution >= 0.6 is 11.8 Å². The van der Waals surface area contributed by atoms with E-state index in [1.165, 1.54) is 6.42 Å². The lowest BCUT2D eigenvalue weighted by Crippen LogP contribution is -2.48. The van der Waals surface area contributed by atoms with Crippen LogP contribution in [0.25, 0.3) is 6.08 Å². The predicted octanol–water partition coefficient (Wildman–Crippen LogP) is 7.57. The van der Waals surface area contributed by atoms with Gasteiger partial charge < -0.3 is 29.2 Å². The van der Waals surface area contributed by atoms with Gasteiger partial charge in [0.25, 0.3) is 5.91 Å². The Morgan fingerprint density at radius 3 is 2.45 bits per heavy atom. The zero-order valence-electron chi connectivity index (χ0n) is 24.8. The number of nitrogens with zero attached hydrogens (tertiary/aromatic N) is 1. The Hall–Kier alpha value is -3.78. The number of nitrogens with one attached hydrogen (secondary N) is 1. The lowest BCUT2D eigenvalue weighted by Gasteiger charge is -2.39. The first kappa shape index (κ1) is 29.7. The minimum absolute atomic E-state index is 0.0792. The maximum atomic E-state index is 13.9. The Labute approximate surface area is 253 Å². The van der Waals surface area contributed by atoms with Gasteiger partial charge in [-0.15, -0.1) is 0 Å². The van der Waals surface area contributed by atoms with Gasteiger partial charge in [0.1, 0.15) is 18.1 Å². The molecule has 3 atom stereocenters. The van der Waals surface area contributed by atoms with E-state index in [2.05, 4.69) is 17.1 Å². The highest BCUT2D eigenvalue weighted by Gasteiger charge is 2.42. The van der Waals surface area contributed by atoms with Gasteiger partial charge in [-0.05, 0) is 79.8 Å². The van der Waals surface area contributed by atoms with Crippen LogP contribution in [-0.2, 0) is 11.4 Å². The zero-order chi connectivity index (χ0) is 29.5. The number of ether oxygens (including phenoxy) is 4. The van der Waals surface area contributed by atoms with E-state index < -0.39 is 0 Å². The molecule has 1 unspecified atom stereocenters. The van der Waals surface area contributed by atoms with Gasteiger partial charge in [0, 0.05) is 17.3 Å². The van der Waals surface area contributed by atoms with Crippen LogP contribution in [-0.4, -0.2) is 43.2 Å². The number of para-hydroxylation sites is 1. The third-order valence-electron chi connectivity index (χ3n) is 7.86. The minimum Gasteiger partial charge on any atom is -0.497 e. The van der Waals surface area contributed by atoms with Crippen LogP contribution in [0.1, 0.15) is 50.7 Å². The summed E-state index contributed by atoms with van der Waals surface area (Å²) in [5, 5.41) is 3.61. The van der Waals surface area contributed by atoms with Crippen molar-refractivity contribution in [1.29, 1.82) is 0 Å². The van der Waals surface area contributed by atoms with Gasteiger partial charge in [-0.3, -0.25) is 4.79 Å². The standard InChI is InChI=1S/C34H40N2O5S/c1-5-40-31-19-24(15-17-30(31)41-22-25-21-27(38-3)16-18-29(25)39-4)20-32-33(37)36(28-14-10-9-11-23(28)2)34(42-32)35-26-12-7-6-8-13-26/h6-8,12-13,15-21,23,28,34-35H,5,9-11,14,22H2,1-4H3/b32-20-/t23-,28-,34?/m1/s1. The highest BCUT2D eigenvalue weighted by Crippen LogP contribution is 2.43. The van der Waals surface area contributed by atoms with Gasteiger partial charge in [-0.1, -0.05) is 55.8 Å². The summed E-state index contributed by atoms with van der Waals surface area (Å²) in [6, 6.07) is 21.8. The Balaban J connectivity index is 1.39. The number of benzene rings is 3. The van der Waals surface area contributed by atoms with Gasteiger partial charge in [0.2, 0.25) is 0 Å². The number of carbonyl (C=O) groups excluding carboxylic acids is 1.